The molecule has 42 valence electrons. The van der Waals surface area contributed by atoms with Crippen LogP contribution in [0.15, 0.2) is 10.7 Å². The van der Waals surface area contributed by atoms with E-state index in [0.717, 1.165) is 6.26 Å². The summed E-state index contributed by atoms with van der Waals surface area (Å²) < 4.78 is 4.59. The van der Waals surface area contributed by atoms with Crippen molar-refractivity contribution in [3.8, 4) is 11.5 Å². The van der Waals surface area contributed by atoms with Gasteiger partial charge in [0.25, 0.3) is 0 Å². The van der Waals surface area contributed by atoms with Crippen LogP contribution in [0.3, 0.4) is 0 Å². The molecule has 0 aliphatic carbocycles. The average molecular weight is 112 g/mol. The second kappa shape index (κ2) is 1.47. The predicted molar refractivity (Wildman–Crippen MR) is 30.2 cm³/mol. The molecule has 3 nitrogen and oxygen atoms in total. The Morgan fingerprint density at radius 2 is 2.12 bits per heavy atom. The fourth-order valence-corrected chi connectivity index (χ4v) is 0.436. The monoisotopic (exact) mass is 112 g/mol. The van der Waals surface area contributed by atoms with E-state index in [1.54, 1.807) is 7.85 Å². The highest BCUT2D eigenvalue weighted by Gasteiger charge is 2.03. The highest BCUT2D eigenvalue weighted by Crippen LogP contribution is 2.20. The molecule has 0 atom stereocenters. The second-order valence-electron chi connectivity index (χ2n) is 1.53. The summed E-state index contributed by atoms with van der Waals surface area (Å²) in [4.78, 5) is 0. The molecule has 1 heterocycles. The Morgan fingerprint density at radius 1 is 1.50 bits per heavy atom. The van der Waals surface area contributed by atoms with Gasteiger partial charge in [-0.1, -0.05) is 0 Å². The van der Waals surface area contributed by atoms with Crippen molar-refractivity contribution >= 4 is 13.5 Å². The van der Waals surface area contributed by atoms with E-state index in [2.05, 4.69) is 4.42 Å². The topological polar surface area (TPSA) is 53.6 Å². The first kappa shape index (κ1) is 5.09. The zero-order chi connectivity index (χ0) is 6.15. The summed E-state index contributed by atoms with van der Waals surface area (Å²) in [6.07, 6.45) is 1.09. The Balaban J connectivity index is 3.19. The Kier molecular flexibility index (Phi) is 0.935. The Hall–Kier alpha value is -1.06. The maximum Gasteiger partial charge on any atom is 0.196 e. The van der Waals surface area contributed by atoms with Crippen molar-refractivity contribution in [2.45, 2.75) is 0 Å². The molecule has 0 spiro atoms. The van der Waals surface area contributed by atoms with Gasteiger partial charge in [0.1, 0.15) is 6.26 Å². The highest BCUT2D eigenvalue weighted by atomic mass is 16.4. The average Bonchev–Trinajstić information content (AvgIpc) is 1.98. The largest absolute Gasteiger partial charge is 0.502 e. The van der Waals surface area contributed by atoms with Gasteiger partial charge < -0.3 is 14.6 Å². The lowest BCUT2D eigenvalue weighted by Gasteiger charge is -1.82. The molecule has 1 aromatic heterocycles. The van der Waals surface area contributed by atoms with Gasteiger partial charge >= 0.3 is 0 Å². The molecule has 0 unspecified atom stereocenters. The molecule has 0 radical (unpaired) electrons. The smallest absolute Gasteiger partial charge is 0.196 e. The molecule has 0 saturated carbocycles. The van der Waals surface area contributed by atoms with Crippen LogP contribution in [-0.2, 0) is 0 Å². The second-order valence-corrected chi connectivity index (χ2v) is 1.53. The number of hydrogen-bond donors (Lipinski definition) is 2. The SMILES string of the molecule is Bc1occ(O)c1O. The van der Waals surface area contributed by atoms with Crippen LogP contribution < -0.4 is 5.66 Å². The van der Waals surface area contributed by atoms with E-state index >= 15 is 0 Å². The van der Waals surface area contributed by atoms with Crippen LogP contribution in [0.25, 0.3) is 0 Å². The normalized spacial score (nSPS) is 9.50. The molecular formula is C4H5BO3. The van der Waals surface area contributed by atoms with Crippen LogP contribution in [0, 0.1) is 0 Å². The van der Waals surface area contributed by atoms with E-state index in [4.69, 9.17) is 10.2 Å². The molecule has 0 amide bonds. The molecule has 0 bridgehead atoms. The van der Waals surface area contributed by atoms with E-state index in [1.165, 1.54) is 0 Å². The Bertz CT molecular complexity index is 174. The van der Waals surface area contributed by atoms with Gasteiger partial charge in [-0.15, -0.1) is 0 Å². The fraction of sp³-hybridized carbons (Fsp3) is 0. The van der Waals surface area contributed by atoms with Gasteiger partial charge in [0.05, 0.1) is 5.66 Å². The zero-order valence-corrected chi connectivity index (χ0v) is 4.38. The summed E-state index contributed by atoms with van der Waals surface area (Å²) in [7, 11) is 1.56. The minimum absolute atomic E-state index is 0.176. The highest BCUT2D eigenvalue weighted by molar-refractivity contribution is 6.32. The van der Waals surface area contributed by atoms with Crippen LogP contribution >= 0.6 is 0 Å². The number of rotatable bonds is 0. The molecule has 0 aliphatic heterocycles. The van der Waals surface area contributed by atoms with Crippen molar-refractivity contribution in [3.05, 3.63) is 6.26 Å². The Labute approximate surface area is 47.0 Å². The maximum absolute atomic E-state index is 8.70. The minimum atomic E-state index is -0.206. The van der Waals surface area contributed by atoms with Gasteiger partial charge in [0, 0.05) is 0 Å². The summed E-state index contributed by atoms with van der Waals surface area (Å²) in [6, 6.07) is 0. The summed E-state index contributed by atoms with van der Waals surface area (Å²) >= 11 is 0. The lowest BCUT2D eigenvalue weighted by molar-refractivity contribution is 0.409. The molecule has 1 rings (SSSR count). The predicted octanol–water partition coefficient (Wildman–Crippen LogP) is -1.05. The van der Waals surface area contributed by atoms with E-state index in [0.29, 0.717) is 5.66 Å². The molecule has 0 aromatic carbocycles. The summed E-state index contributed by atoms with van der Waals surface area (Å²) in [5.74, 6) is -0.382. The summed E-state index contributed by atoms with van der Waals surface area (Å²) in [6.45, 7) is 0. The lowest BCUT2D eigenvalue weighted by atomic mass is 10.1. The van der Waals surface area contributed by atoms with Crippen LogP contribution in [-0.4, -0.2) is 18.1 Å². The standard InChI is InChI=1S/C4H5BO3/c5-4-3(7)2(6)1-8-4/h1,6-7H,5H2. The third-order valence-electron chi connectivity index (χ3n) is 0.923. The van der Waals surface area contributed by atoms with Gasteiger partial charge in [-0.25, -0.2) is 0 Å². The fourth-order valence-electron chi connectivity index (χ4n) is 0.436. The third-order valence-corrected chi connectivity index (χ3v) is 0.923. The lowest BCUT2D eigenvalue weighted by Crippen LogP contribution is -1.95. The van der Waals surface area contributed by atoms with Crippen molar-refractivity contribution in [2.24, 2.45) is 0 Å². The minimum Gasteiger partial charge on any atom is -0.502 e. The molecule has 2 N–H and O–H groups in total. The molecule has 0 saturated heterocycles. The first-order chi connectivity index (χ1) is 3.72. The van der Waals surface area contributed by atoms with E-state index < -0.39 is 0 Å². The Morgan fingerprint density at radius 3 is 2.25 bits per heavy atom. The van der Waals surface area contributed by atoms with Crippen LogP contribution in [0.4, 0.5) is 0 Å². The molecule has 8 heavy (non-hydrogen) atoms. The number of hydrogen-bond acceptors (Lipinski definition) is 3. The van der Waals surface area contributed by atoms with E-state index in [9.17, 15) is 0 Å². The molecular weight excluding hydrogens is 107 g/mol. The zero-order valence-electron chi connectivity index (χ0n) is 4.38. The first-order valence-corrected chi connectivity index (χ1v) is 2.18. The van der Waals surface area contributed by atoms with Gasteiger partial charge in [-0.3, -0.25) is 0 Å². The molecule has 1 aromatic rings. The maximum atomic E-state index is 8.70. The van der Waals surface area contributed by atoms with E-state index in [1.807, 2.05) is 0 Å². The number of aromatic hydroxyl groups is 2. The van der Waals surface area contributed by atoms with Crippen LogP contribution in [0.1, 0.15) is 0 Å². The van der Waals surface area contributed by atoms with Gasteiger partial charge in [-0.2, -0.15) is 0 Å². The van der Waals surface area contributed by atoms with Crippen molar-refractivity contribution < 1.29 is 14.6 Å². The number of furan rings is 1. The van der Waals surface area contributed by atoms with Crippen LogP contribution in [0.5, 0.6) is 11.5 Å². The first-order valence-electron chi connectivity index (χ1n) is 2.18. The molecule has 4 heteroatoms. The molecule has 0 fully saturated rings. The van der Waals surface area contributed by atoms with Gasteiger partial charge in [0.15, 0.2) is 19.3 Å². The van der Waals surface area contributed by atoms with Crippen molar-refractivity contribution in [3.63, 3.8) is 0 Å². The van der Waals surface area contributed by atoms with E-state index in [-0.39, 0.29) is 11.5 Å². The van der Waals surface area contributed by atoms with Gasteiger partial charge in [-0.05, 0) is 0 Å². The molecule has 0 aliphatic rings. The quantitative estimate of drug-likeness (QED) is 0.421. The summed E-state index contributed by atoms with van der Waals surface area (Å²) in [5, 5.41) is 17.3. The van der Waals surface area contributed by atoms with Crippen molar-refractivity contribution in [2.75, 3.05) is 0 Å². The summed E-state index contributed by atoms with van der Waals surface area (Å²) in [5.41, 5.74) is 0.336. The third kappa shape index (κ3) is 0.539. The van der Waals surface area contributed by atoms with Crippen molar-refractivity contribution in [1.29, 1.82) is 0 Å². The van der Waals surface area contributed by atoms with Gasteiger partial charge in [0.2, 0.25) is 0 Å². The van der Waals surface area contributed by atoms with Crippen molar-refractivity contribution in [1.82, 2.24) is 0 Å². The van der Waals surface area contributed by atoms with Crippen LogP contribution in [0.2, 0.25) is 0 Å².